The predicted octanol–water partition coefficient (Wildman–Crippen LogP) is 0.654. The van der Waals surface area contributed by atoms with Crippen molar-refractivity contribution in [2.24, 2.45) is 5.41 Å². The van der Waals surface area contributed by atoms with Crippen molar-refractivity contribution in [3.05, 3.63) is 0 Å². The van der Waals surface area contributed by atoms with Gasteiger partial charge < -0.3 is 20.4 Å². The van der Waals surface area contributed by atoms with Gasteiger partial charge in [0.25, 0.3) is 0 Å². The molecule has 0 spiro atoms. The summed E-state index contributed by atoms with van der Waals surface area (Å²) < 4.78 is 0. The third kappa shape index (κ3) is 3.13. The molecule has 2 amide bonds. The third-order valence-corrected chi connectivity index (χ3v) is 3.57. The van der Waals surface area contributed by atoms with Crippen LogP contribution in [0.5, 0.6) is 0 Å². The Bertz CT molecular complexity index is 313. The molecule has 0 saturated heterocycles. The summed E-state index contributed by atoms with van der Waals surface area (Å²) in [6, 6.07) is -0.342. The summed E-state index contributed by atoms with van der Waals surface area (Å²) in [5, 5.41) is 20.7. The van der Waals surface area contributed by atoms with E-state index in [1.54, 1.807) is 0 Å². The number of urea groups is 1. The Hall–Kier alpha value is -1.30. The number of hydrogen-bond acceptors (Lipinski definition) is 3. The maximum Gasteiger partial charge on any atom is 0.317 e. The van der Waals surface area contributed by atoms with Crippen LogP contribution in [0.4, 0.5) is 4.79 Å². The molecule has 0 aliphatic heterocycles. The monoisotopic (exact) mass is 258 g/mol. The highest BCUT2D eigenvalue weighted by Crippen LogP contribution is 2.40. The van der Waals surface area contributed by atoms with E-state index >= 15 is 0 Å². The number of aliphatic carboxylic acids is 1. The molecule has 0 aromatic heterocycles. The van der Waals surface area contributed by atoms with Gasteiger partial charge in [0, 0.05) is 19.1 Å². The van der Waals surface area contributed by atoms with Crippen molar-refractivity contribution >= 4 is 12.0 Å². The van der Waals surface area contributed by atoms with Gasteiger partial charge in [0.15, 0.2) is 0 Å². The highest BCUT2D eigenvalue weighted by atomic mass is 16.4. The van der Waals surface area contributed by atoms with Crippen LogP contribution >= 0.6 is 0 Å². The summed E-state index contributed by atoms with van der Waals surface area (Å²) in [4.78, 5) is 24.5. The van der Waals surface area contributed by atoms with Gasteiger partial charge in [-0.2, -0.15) is 0 Å². The Balaban J connectivity index is 2.51. The number of hydrogen-bond donors (Lipinski definition) is 3. The number of carbonyl (C=O) groups excluding carboxylic acids is 1. The minimum absolute atomic E-state index is 0.0284. The quantitative estimate of drug-likeness (QED) is 0.652. The lowest BCUT2D eigenvalue weighted by Gasteiger charge is -2.38. The van der Waals surface area contributed by atoms with Gasteiger partial charge in [0.1, 0.15) is 0 Å². The summed E-state index contributed by atoms with van der Waals surface area (Å²) in [6.07, 6.45) is 2.13. The van der Waals surface area contributed by atoms with E-state index in [9.17, 15) is 9.59 Å². The normalized spacial score (nSPS) is 17.1. The number of nitrogens with zero attached hydrogens (tertiary/aromatic N) is 1. The second kappa shape index (κ2) is 6.04. The van der Waals surface area contributed by atoms with E-state index in [4.69, 9.17) is 10.2 Å². The highest BCUT2D eigenvalue weighted by Gasteiger charge is 2.44. The number of carboxylic acids is 1. The Labute approximate surface area is 107 Å². The second-order valence-electron chi connectivity index (χ2n) is 5.11. The van der Waals surface area contributed by atoms with Gasteiger partial charge in [-0.1, -0.05) is 6.42 Å². The molecule has 104 valence electrons. The molecule has 0 radical (unpaired) electrons. The summed E-state index contributed by atoms with van der Waals surface area (Å²) in [7, 11) is 0. The topological polar surface area (TPSA) is 89.9 Å². The molecule has 1 saturated carbocycles. The molecule has 6 nitrogen and oxygen atoms in total. The number of aliphatic hydroxyl groups is 1. The number of carboxylic acid groups (broad SMARTS) is 1. The molecular formula is C12H22N2O4. The van der Waals surface area contributed by atoms with Crippen LogP contribution in [0.15, 0.2) is 0 Å². The van der Waals surface area contributed by atoms with Crippen LogP contribution < -0.4 is 5.32 Å². The van der Waals surface area contributed by atoms with Crippen molar-refractivity contribution < 1.29 is 19.8 Å². The van der Waals surface area contributed by atoms with Gasteiger partial charge in [-0.25, -0.2) is 4.79 Å². The summed E-state index contributed by atoms with van der Waals surface area (Å²) in [5.74, 6) is -0.840. The van der Waals surface area contributed by atoms with E-state index in [-0.39, 0.29) is 31.8 Å². The summed E-state index contributed by atoms with van der Waals surface area (Å²) >= 11 is 0. The van der Waals surface area contributed by atoms with Crippen molar-refractivity contribution in [1.29, 1.82) is 0 Å². The molecule has 1 rings (SSSR count). The zero-order chi connectivity index (χ0) is 13.8. The number of aliphatic hydroxyl groups excluding tert-OH is 1. The van der Waals surface area contributed by atoms with Crippen LogP contribution in [0, 0.1) is 5.41 Å². The number of rotatable bonds is 6. The van der Waals surface area contributed by atoms with Crippen LogP contribution in [0.3, 0.4) is 0 Å². The van der Waals surface area contributed by atoms with Crippen LogP contribution in [0.25, 0.3) is 0 Å². The third-order valence-electron chi connectivity index (χ3n) is 3.57. The fourth-order valence-corrected chi connectivity index (χ4v) is 2.12. The average molecular weight is 258 g/mol. The number of nitrogens with one attached hydrogen (secondary N) is 1. The average Bonchev–Trinajstić information content (AvgIpc) is 2.23. The minimum Gasteiger partial charge on any atom is -0.481 e. The van der Waals surface area contributed by atoms with Gasteiger partial charge in [-0.3, -0.25) is 4.79 Å². The smallest absolute Gasteiger partial charge is 0.317 e. The Kier molecular flexibility index (Phi) is 4.95. The molecule has 1 aliphatic rings. The van der Waals surface area contributed by atoms with Crippen molar-refractivity contribution in [3.8, 4) is 0 Å². The standard InChI is InChI=1S/C12H22N2O4/c1-9(2)14(6-7-15)11(18)13-8-12(10(16)17)4-3-5-12/h9,15H,3-8H2,1-2H3,(H,13,18)(H,16,17). The predicted molar refractivity (Wildman–Crippen MR) is 66.2 cm³/mol. The van der Waals surface area contributed by atoms with E-state index in [1.807, 2.05) is 13.8 Å². The molecule has 0 atom stereocenters. The molecule has 1 aliphatic carbocycles. The minimum atomic E-state index is -0.840. The number of carbonyl (C=O) groups is 2. The first-order valence-electron chi connectivity index (χ1n) is 6.32. The first-order chi connectivity index (χ1) is 8.43. The SMILES string of the molecule is CC(C)N(CCO)C(=O)NCC1(C(=O)O)CCC1. The van der Waals surface area contributed by atoms with Gasteiger partial charge in [-0.05, 0) is 26.7 Å². The van der Waals surface area contributed by atoms with Crippen LogP contribution in [-0.4, -0.2) is 52.9 Å². The van der Waals surface area contributed by atoms with Crippen molar-refractivity contribution in [3.63, 3.8) is 0 Å². The van der Waals surface area contributed by atoms with Gasteiger partial charge >= 0.3 is 12.0 Å². The lowest BCUT2D eigenvalue weighted by Crippen LogP contribution is -2.52. The van der Waals surface area contributed by atoms with Gasteiger partial charge in [0.05, 0.1) is 12.0 Å². The van der Waals surface area contributed by atoms with Gasteiger partial charge in [-0.15, -0.1) is 0 Å². The molecule has 1 fully saturated rings. The molecule has 0 aromatic carbocycles. The fourth-order valence-electron chi connectivity index (χ4n) is 2.12. The first kappa shape index (κ1) is 14.8. The van der Waals surface area contributed by atoms with E-state index in [2.05, 4.69) is 5.32 Å². The molecule has 18 heavy (non-hydrogen) atoms. The summed E-state index contributed by atoms with van der Waals surface area (Å²) in [5.41, 5.74) is -0.780. The van der Waals surface area contributed by atoms with Crippen LogP contribution in [0.1, 0.15) is 33.1 Å². The lowest BCUT2D eigenvalue weighted by molar-refractivity contribution is -0.153. The number of amides is 2. The maximum absolute atomic E-state index is 11.9. The van der Waals surface area contributed by atoms with Crippen molar-refractivity contribution in [2.45, 2.75) is 39.2 Å². The molecule has 0 bridgehead atoms. The zero-order valence-electron chi connectivity index (χ0n) is 11.0. The maximum atomic E-state index is 11.9. The van der Waals surface area contributed by atoms with Crippen molar-refractivity contribution in [1.82, 2.24) is 10.2 Å². The molecule has 3 N–H and O–H groups in total. The molecule has 6 heteroatoms. The Morgan fingerprint density at radius 1 is 1.39 bits per heavy atom. The van der Waals surface area contributed by atoms with Crippen LogP contribution in [-0.2, 0) is 4.79 Å². The Morgan fingerprint density at radius 2 is 2.00 bits per heavy atom. The largest absolute Gasteiger partial charge is 0.481 e. The van der Waals surface area contributed by atoms with Crippen LogP contribution in [0.2, 0.25) is 0 Å². The Morgan fingerprint density at radius 3 is 2.33 bits per heavy atom. The molecule has 0 aromatic rings. The molecule has 0 unspecified atom stereocenters. The van der Waals surface area contributed by atoms with E-state index in [0.29, 0.717) is 12.8 Å². The summed E-state index contributed by atoms with van der Waals surface area (Å²) in [6.45, 7) is 4.02. The van der Waals surface area contributed by atoms with E-state index in [0.717, 1.165) is 6.42 Å². The van der Waals surface area contributed by atoms with E-state index < -0.39 is 11.4 Å². The van der Waals surface area contributed by atoms with E-state index in [1.165, 1.54) is 4.90 Å². The van der Waals surface area contributed by atoms with Crippen molar-refractivity contribution in [2.75, 3.05) is 19.7 Å². The zero-order valence-corrected chi connectivity index (χ0v) is 11.0. The molecular weight excluding hydrogens is 236 g/mol. The molecule has 0 heterocycles. The van der Waals surface area contributed by atoms with Gasteiger partial charge in [0.2, 0.25) is 0 Å². The lowest BCUT2D eigenvalue weighted by atomic mass is 9.69. The first-order valence-corrected chi connectivity index (χ1v) is 6.32. The highest BCUT2D eigenvalue weighted by molar-refractivity contribution is 5.79. The fraction of sp³-hybridized carbons (Fsp3) is 0.833. The second-order valence-corrected chi connectivity index (χ2v) is 5.11.